The van der Waals surface area contributed by atoms with Crippen LogP contribution < -0.4 is 15.8 Å². The van der Waals surface area contributed by atoms with Crippen molar-refractivity contribution in [3.63, 3.8) is 0 Å². The summed E-state index contributed by atoms with van der Waals surface area (Å²) in [5.74, 6) is 0.466. The van der Waals surface area contributed by atoms with Gasteiger partial charge in [0.15, 0.2) is 0 Å². The van der Waals surface area contributed by atoms with Crippen LogP contribution in [0.2, 0.25) is 0 Å². The van der Waals surface area contributed by atoms with Crippen LogP contribution in [0.25, 0.3) is 10.9 Å². The molecule has 0 radical (unpaired) electrons. The molecule has 5 heteroatoms. The van der Waals surface area contributed by atoms with Gasteiger partial charge in [0.2, 0.25) is 0 Å². The monoisotopic (exact) mass is 337 g/mol. The summed E-state index contributed by atoms with van der Waals surface area (Å²) < 4.78 is 5.56. The van der Waals surface area contributed by atoms with Gasteiger partial charge in [-0.1, -0.05) is 30.3 Å². The normalized spacial score (nSPS) is 12.2. The molecule has 25 heavy (non-hydrogen) atoms. The van der Waals surface area contributed by atoms with E-state index in [1.165, 1.54) is 5.56 Å². The van der Waals surface area contributed by atoms with E-state index in [0.29, 0.717) is 5.56 Å². The van der Waals surface area contributed by atoms with E-state index >= 15 is 0 Å². The van der Waals surface area contributed by atoms with Crippen molar-refractivity contribution in [2.45, 2.75) is 12.3 Å². The molecule has 0 aliphatic heterocycles. The number of methoxy groups -OCH3 is 1. The first kappa shape index (κ1) is 17.0. The van der Waals surface area contributed by atoms with E-state index in [9.17, 15) is 4.79 Å². The van der Waals surface area contributed by atoms with Crippen molar-refractivity contribution < 1.29 is 9.53 Å². The lowest BCUT2D eigenvalue weighted by Gasteiger charge is -2.18. The number of rotatable bonds is 7. The standard InChI is InChI=1S/C20H23N3O2/c1-22-11-10-14(13-6-4-3-5-7-13)16-12-23-19-15(20(21)24)8-9-17(25-2)18(16)19/h3-9,12,14,22-23H,10-11H2,1-2H3,(H2,21,24). The number of hydrogen-bond donors (Lipinski definition) is 3. The quantitative estimate of drug-likeness (QED) is 0.620. The largest absolute Gasteiger partial charge is 0.496 e. The summed E-state index contributed by atoms with van der Waals surface area (Å²) in [5.41, 5.74) is 9.08. The Hall–Kier alpha value is -2.79. The van der Waals surface area contributed by atoms with Gasteiger partial charge in [0, 0.05) is 17.5 Å². The Bertz CT molecular complexity index is 871. The molecule has 1 heterocycles. The van der Waals surface area contributed by atoms with Crippen LogP contribution >= 0.6 is 0 Å². The number of benzene rings is 2. The van der Waals surface area contributed by atoms with E-state index in [1.807, 2.05) is 31.4 Å². The van der Waals surface area contributed by atoms with Crippen molar-refractivity contribution in [3.05, 3.63) is 65.4 Å². The first-order valence-corrected chi connectivity index (χ1v) is 8.34. The number of ether oxygens (including phenoxy) is 1. The fourth-order valence-corrected chi connectivity index (χ4v) is 3.37. The highest BCUT2D eigenvalue weighted by atomic mass is 16.5. The Morgan fingerprint density at radius 2 is 2.00 bits per heavy atom. The molecule has 2 aromatic carbocycles. The molecule has 0 aliphatic carbocycles. The summed E-state index contributed by atoms with van der Waals surface area (Å²) in [6, 6.07) is 13.9. The smallest absolute Gasteiger partial charge is 0.250 e. The lowest BCUT2D eigenvalue weighted by atomic mass is 9.87. The summed E-state index contributed by atoms with van der Waals surface area (Å²) >= 11 is 0. The molecule has 3 aromatic rings. The Morgan fingerprint density at radius 1 is 1.24 bits per heavy atom. The third kappa shape index (κ3) is 3.23. The van der Waals surface area contributed by atoms with Crippen LogP contribution in [-0.2, 0) is 0 Å². The van der Waals surface area contributed by atoms with Crippen LogP contribution in [0.1, 0.15) is 33.8 Å². The third-order valence-corrected chi connectivity index (χ3v) is 4.57. The maximum atomic E-state index is 11.8. The lowest BCUT2D eigenvalue weighted by Crippen LogP contribution is -2.13. The summed E-state index contributed by atoms with van der Waals surface area (Å²) in [7, 11) is 3.59. The molecule has 3 rings (SSSR count). The average molecular weight is 337 g/mol. The van der Waals surface area contributed by atoms with Crippen LogP contribution in [0, 0.1) is 0 Å². The molecule has 1 unspecified atom stereocenters. The van der Waals surface area contributed by atoms with Gasteiger partial charge in [0.05, 0.1) is 18.2 Å². The van der Waals surface area contributed by atoms with Crippen molar-refractivity contribution in [3.8, 4) is 5.75 Å². The number of nitrogens with two attached hydrogens (primary N) is 1. The van der Waals surface area contributed by atoms with Crippen LogP contribution in [0.4, 0.5) is 0 Å². The second-order valence-corrected chi connectivity index (χ2v) is 6.03. The van der Waals surface area contributed by atoms with Gasteiger partial charge < -0.3 is 20.8 Å². The van der Waals surface area contributed by atoms with Crippen LogP contribution in [0.15, 0.2) is 48.7 Å². The lowest BCUT2D eigenvalue weighted by molar-refractivity contribution is 0.100. The van der Waals surface area contributed by atoms with Gasteiger partial charge in [0.25, 0.3) is 5.91 Å². The van der Waals surface area contributed by atoms with Crippen LogP contribution in [-0.4, -0.2) is 31.6 Å². The number of carbonyl (C=O) groups excluding carboxylic acids is 1. The molecule has 1 atom stereocenters. The molecule has 0 aliphatic rings. The minimum Gasteiger partial charge on any atom is -0.496 e. The van der Waals surface area contributed by atoms with E-state index in [2.05, 4.69) is 22.4 Å². The summed E-state index contributed by atoms with van der Waals surface area (Å²) in [4.78, 5) is 15.0. The fourth-order valence-electron chi connectivity index (χ4n) is 3.37. The summed E-state index contributed by atoms with van der Waals surface area (Å²) in [6.07, 6.45) is 2.89. The van der Waals surface area contributed by atoms with Crippen molar-refractivity contribution >= 4 is 16.8 Å². The molecule has 1 aromatic heterocycles. The van der Waals surface area contributed by atoms with Crippen molar-refractivity contribution in [2.75, 3.05) is 20.7 Å². The summed E-state index contributed by atoms with van der Waals surface area (Å²) in [6.45, 7) is 0.879. The number of aromatic nitrogens is 1. The van der Waals surface area contributed by atoms with Gasteiger partial charge >= 0.3 is 0 Å². The van der Waals surface area contributed by atoms with Crippen molar-refractivity contribution in [2.24, 2.45) is 5.73 Å². The number of H-pyrrole nitrogens is 1. The van der Waals surface area contributed by atoms with E-state index in [4.69, 9.17) is 10.5 Å². The van der Waals surface area contributed by atoms with Gasteiger partial charge in [-0.2, -0.15) is 0 Å². The maximum absolute atomic E-state index is 11.8. The Balaban J connectivity index is 2.21. The fraction of sp³-hybridized carbons (Fsp3) is 0.250. The van der Waals surface area contributed by atoms with E-state index in [0.717, 1.165) is 35.2 Å². The topological polar surface area (TPSA) is 80.1 Å². The Morgan fingerprint density at radius 3 is 2.64 bits per heavy atom. The molecule has 0 saturated carbocycles. The summed E-state index contributed by atoms with van der Waals surface area (Å²) in [5, 5.41) is 4.14. The predicted molar refractivity (Wildman–Crippen MR) is 100 cm³/mol. The molecule has 0 saturated heterocycles. The van der Waals surface area contributed by atoms with E-state index in [-0.39, 0.29) is 5.92 Å². The zero-order valence-electron chi connectivity index (χ0n) is 14.5. The molecule has 0 fully saturated rings. The number of hydrogen-bond acceptors (Lipinski definition) is 3. The second kappa shape index (κ2) is 7.40. The van der Waals surface area contributed by atoms with Gasteiger partial charge in [-0.3, -0.25) is 4.79 Å². The van der Waals surface area contributed by atoms with Crippen molar-refractivity contribution in [1.29, 1.82) is 0 Å². The van der Waals surface area contributed by atoms with Gasteiger partial charge in [-0.25, -0.2) is 0 Å². The number of aromatic amines is 1. The first-order chi connectivity index (χ1) is 12.2. The first-order valence-electron chi connectivity index (χ1n) is 8.34. The number of carbonyl (C=O) groups is 1. The third-order valence-electron chi connectivity index (χ3n) is 4.57. The van der Waals surface area contributed by atoms with Crippen LogP contribution in [0.3, 0.4) is 0 Å². The van der Waals surface area contributed by atoms with Gasteiger partial charge in [-0.05, 0) is 43.3 Å². The molecule has 0 bridgehead atoms. The van der Waals surface area contributed by atoms with E-state index in [1.54, 1.807) is 19.2 Å². The molecular formula is C20H23N3O2. The average Bonchev–Trinajstić information content (AvgIpc) is 3.07. The van der Waals surface area contributed by atoms with Crippen molar-refractivity contribution in [1.82, 2.24) is 10.3 Å². The molecular weight excluding hydrogens is 314 g/mol. The molecule has 1 amide bonds. The van der Waals surface area contributed by atoms with Crippen LogP contribution in [0.5, 0.6) is 5.75 Å². The predicted octanol–water partition coefficient (Wildman–Crippen LogP) is 3.02. The second-order valence-electron chi connectivity index (χ2n) is 6.03. The Kier molecular flexibility index (Phi) is 5.05. The molecule has 5 nitrogen and oxygen atoms in total. The number of amides is 1. The zero-order chi connectivity index (χ0) is 17.8. The van der Waals surface area contributed by atoms with Gasteiger partial charge in [-0.15, -0.1) is 0 Å². The number of fused-ring (bicyclic) bond motifs is 1. The van der Waals surface area contributed by atoms with Gasteiger partial charge in [0.1, 0.15) is 5.75 Å². The SMILES string of the molecule is CNCCC(c1ccccc1)c1c[nH]c2c(C(N)=O)ccc(OC)c12. The Labute approximate surface area is 147 Å². The number of primary amides is 1. The minimum absolute atomic E-state index is 0.180. The number of nitrogens with one attached hydrogen (secondary N) is 2. The highest BCUT2D eigenvalue weighted by Gasteiger charge is 2.22. The minimum atomic E-state index is -0.451. The molecule has 130 valence electrons. The zero-order valence-corrected chi connectivity index (χ0v) is 14.5. The maximum Gasteiger partial charge on any atom is 0.250 e. The molecule has 4 N–H and O–H groups in total. The van der Waals surface area contributed by atoms with E-state index < -0.39 is 5.91 Å². The highest BCUT2D eigenvalue weighted by molar-refractivity contribution is 6.07. The highest BCUT2D eigenvalue weighted by Crippen LogP contribution is 2.38. The molecule has 0 spiro atoms.